The number of ketones is 1. The number of thiazole rings is 1. The maximum atomic E-state index is 13.8. The molecule has 7 heteroatoms. The van der Waals surface area contributed by atoms with Crippen LogP contribution in [0.5, 0.6) is 0 Å². The van der Waals surface area contributed by atoms with E-state index in [1.807, 2.05) is 29.6 Å². The summed E-state index contributed by atoms with van der Waals surface area (Å²) in [6, 6.07) is 11.0. The molecule has 2 heterocycles. The summed E-state index contributed by atoms with van der Waals surface area (Å²) in [5.41, 5.74) is 3.82. The van der Waals surface area contributed by atoms with Crippen LogP contribution in [0.2, 0.25) is 5.15 Å². The van der Waals surface area contributed by atoms with Gasteiger partial charge in [0, 0.05) is 24.9 Å². The summed E-state index contributed by atoms with van der Waals surface area (Å²) < 4.78 is 27.7. The first kappa shape index (κ1) is 20.7. The molecule has 0 bridgehead atoms. The zero-order valence-electron chi connectivity index (χ0n) is 16.3. The Balaban J connectivity index is 1.51. The van der Waals surface area contributed by atoms with Crippen molar-refractivity contribution in [3.8, 4) is 0 Å². The van der Waals surface area contributed by atoms with E-state index in [0.29, 0.717) is 10.7 Å². The maximum Gasteiger partial charge on any atom is 0.187 e. The Labute approximate surface area is 182 Å². The topological polar surface area (TPSA) is 33.2 Å². The van der Waals surface area contributed by atoms with E-state index in [-0.39, 0.29) is 6.42 Å². The minimum Gasteiger partial charge on any atom is -0.343 e. The van der Waals surface area contributed by atoms with Crippen LogP contribution in [0.3, 0.4) is 0 Å². The summed E-state index contributed by atoms with van der Waals surface area (Å²) >= 11 is 7.50. The van der Waals surface area contributed by atoms with Crippen LogP contribution >= 0.6 is 22.9 Å². The standard InChI is InChI=1S/C23H19ClF2N2OS/c1-14-9-10-28(23-27-21(24)13-30-23)12-17(14)16-7-5-15(6-8-16)11-20(29)22-18(25)3-2-4-19(22)26/h2-8,13H,9-12H2,1H3. The predicted octanol–water partition coefficient (Wildman–Crippen LogP) is 6.18. The number of rotatable bonds is 5. The normalized spacial score (nSPS) is 14.3. The molecule has 3 nitrogen and oxygen atoms in total. The number of carbonyl (C=O) groups excluding carboxylic acids is 1. The fraction of sp³-hybridized carbons (Fsp3) is 0.217. The number of anilines is 1. The third kappa shape index (κ3) is 4.30. The van der Waals surface area contributed by atoms with Crippen LogP contribution in [0, 0.1) is 11.6 Å². The molecule has 0 aliphatic carbocycles. The zero-order chi connectivity index (χ0) is 21.3. The Morgan fingerprint density at radius 3 is 2.50 bits per heavy atom. The van der Waals surface area contributed by atoms with Crippen molar-refractivity contribution in [1.82, 2.24) is 4.98 Å². The van der Waals surface area contributed by atoms with Crippen LogP contribution in [0.1, 0.15) is 34.8 Å². The number of benzene rings is 2. The number of hydrogen-bond donors (Lipinski definition) is 0. The molecule has 2 aromatic carbocycles. The molecule has 0 atom stereocenters. The van der Waals surface area contributed by atoms with Gasteiger partial charge in [0.25, 0.3) is 0 Å². The van der Waals surface area contributed by atoms with Crippen LogP contribution in [0.15, 0.2) is 53.4 Å². The van der Waals surface area contributed by atoms with Crippen LogP contribution < -0.4 is 4.90 Å². The second-order valence-electron chi connectivity index (χ2n) is 7.28. The lowest BCUT2D eigenvalue weighted by molar-refractivity contribution is 0.0985. The third-order valence-corrected chi connectivity index (χ3v) is 6.49. The van der Waals surface area contributed by atoms with Crippen molar-refractivity contribution in [1.29, 1.82) is 0 Å². The van der Waals surface area contributed by atoms with Crippen molar-refractivity contribution in [2.24, 2.45) is 0 Å². The molecule has 1 aromatic heterocycles. The molecule has 0 saturated carbocycles. The van der Waals surface area contributed by atoms with Crippen molar-refractivity contribution in [2.75, 3.05) is 18.0 Å². The lowest BCUT2D eigenvalue weighted by Crippen LogP contribution is -2.30. The van der Waals surface area contributed by atoms with E-state index in [9.17, 15) is 13.6 Å². The van der Waals surface area contributed by atoms with Gasteiger partial charge in [0.05, 0.1) is 5.56 Å². The molecule has 0 saturated heterocycles. The lowest BCUT2D eigenvalue weighted by Gasteiger charge is -2.30. The Morgan fingerprint density at radius 2 is 1.87 bits per heavy atom. The summed E-state index contributed by atoms with van der Waals surface area (Å²) in [5, 5.41) is 3.23. The monoisotopic (exact) mass is 444 g/mol. The molecule has 1 aliphatic rings. The van der Waals surface area contributed by atoms with Gasteiger partial charge in [0.2, 0.25) is 0 Å². The molecular weight excluding hydrogens is 426 g/mol. The smallest absolute Gasteiger partial charge is 0.187 e. The first-order valence-corrected chi connectivity index (χ1v) is 10.8. The highest BCUT2D eigenvalue weighted by molar-refractivity contribution is 7.14. The van der Waals surface area contributed by atoms with Gasteiger partial charge in [-0.15, -0.1) is 11.3 Å². The number of carbonyl (C=O) groups is 1. The van der Waals surface area contributed by atoms with Crippen molar-refractivity contribution in [3.63, 3.8) is 0 Å². The quantitative estimate of drug-likeness (QED) is 0.440. The zero-order valence-corrected chi connectivity index (χ0v) is 17.9. The summed E-state index contributed by atoms with van der Waals surface area (Å²) in [5.74, 6) is -2.23. The molecule has 154 valence electrons. The van der Waals surface area contributed by atoms with E-state index >= 15 is 0 Å². The molecule has 0 spiro atoms. The lowest BCUT2D eigenvalue weighted by atomic mass is 9.93. The van der Waals surface area contributed by atoms with Crippen LogP contribution in [-0.4, -0.2) is 23.9 Å². The van der Waals surface area contributed by atoms with Gasteiger partial charge in [0.1, 0.15) is 16.8 Å². The fourth-order valence-electron chi connectivity index (χ4n) is 3.61. The molecule has 0 N–H and O–H groups in total. The Bertz CT molecular complexity index is 1100. The Morgan fingerprint density at radius 1 is 1.17 bits per heavy atom. The minimum absolute atomic E-state index is 0.0557. The summed E-state index contributed by atoms with van der Waals surface area (Å²) in [6.45, 7) is 3.74. The van der Waals surface area contributed by atoms with Gasteiger partial charge in [-0.05, 0) is 42.2 Å². The highest BCUT2D eigenvalue weighted by Crippen LogP contribution is 2.32. The van der Waals surface area contributed by atoms with Gasteiger partial charge in [-0.25, -0.2) is 13.8 Å². The first-order chi connectivity index (χ1) is 14.4. The molecule has 1 aliphatic heterocycles. The summed E-state index contributed by atoms with van der Waals surface area (Å²) in [7, 11) is 0. The SMILES string of the molecule is CC1=C(c2ccc(CC(=O)c3c(F)cccc3F)cc2)CN(c2nc(Cl)cs2)CC1. The van der Waals surface area contributed by atoms with Gasteiger partial charge < -0.3 is 4.90 Å². The number of halogens is 3. The average Bonchev–Trinajstić information content (AvgIpc) is 3.15. The molecule has 0 radical (unpaired) electrons. The van der Waals surface area contributed by atoms with E-state index in [2.05, 4.69) is 16.8 Å². The highest BCUT2D eigenvalue weighted by atomic mass is 35.5. The summed E-state index contributed by atoms with van der Waals surface area (Å²) in [6.07, 6.45) is 0.874. The molecular formula is C23H19ClF2N2OS. The van der Waals surface area contributed by atoms with Crippen molar-refractivity contribution in [2.45, 2.75) is 19.8 Å². The highest BCUT2D eigenvalue weighted by Gasteiger charge is 2.21. The number of Topliss-reactive ketones (excluding diaryl/α,β-unsaturated/α-hetero) is 1. The second kappa shape index (κ2) is 8.66. The van der Waals surface area contributed by atoms with Gasteiger partial charge in [-0.1, -0.05) is 47.5 Å². The van der Waals surface area contributed by atoms with Gasteiger partial charge in [-0.2, -0.15) is 0 Å². The van der Waals surface area contributed by atoms with E-state index in [1.54, 1.807) is 0 Å². The molecule has 0 amide bonds. The van der Waals surface area contributed by atoms with E-state index in [0.717, 1.165) is 42.3 Å². The van der Waals surface area contributed by atoms with Crippen molar-refractivity contribution < 1.29 is 13.6 Å². The minimum atomic E-state index is -0.831. The molecule has 30 heavy (non-hydrogen) atoms. The van der Waals surface area contributed by atoms with E-state index < -0.39 is 23.0 Å². The fourth-order valence-corrected chi connectivity index (χ4v) is 4.59. The third-order valence-electron chi connectivity index (χ3n) is 5.26. The molecule has 3 aromatic rings. The Kier molecular flexibility index (Phi) is 5.97. The van der Waals surface area contributed by atoms with E-state index in [4.69, 9.17) is 11.6 Å². The number of nitrogens with zero attached hydrogens (tertiary/aromatic N) is 2. The van der Waals surface area contributed by atoms with Crippen molar-refractivity contribution in [3.05, 3.63) is 86.9 Å². The van der Waals surface area contributed by atoms with Crippen LogP contribution in [0.25, 0.3) is 5.57 Å². The van der Waals surface area contributed by atoms with Crippen LogP contribution in [-0.2, 0) is 6.42 Å². The maximum absolute atomic E-state index is 13.8. The van der Waals surface area contributed by atoms with Gasteiger partial charge in [-0.3, -0.25) is 4.79 Å². The number of hydrogen-bond acceptors (Lipinski definition) is 4. The predicted molar refractivity (Wildman–Crippen MR) is 117 cm³/mol. The first-order valence-electron chi connectivity index (χ1n) is 9.53. The molecule has 4 rings (SSSR count). The van der Waals surface area contributed by atoms with E-state index in [1.165, 1.54) is 28.5 Å². The van der Waals surface area contributed by atoms with Gasteiger partial charge in [0.15, 0.2) is 10.9 Å². The second-order valence-corrected chi connectivity index (χ2v) is 8.50. The van der Waals surface area contributed by atoms with Gasteiger partial charge >= 0.3 is 0 Å². The largest absolute Gasteiger partial charge is 0.343 e. The van der Waals surface area contributed by atoms with Crippen molar-refractivity contribution >= 4 is 39.4 Å². The number of aromatic nitrogens is 1. The van der Waals surface area contributed by atoms with Crippen LogP contribution in [0.4, 0.5) is 13.9 Å². The molecule has 0 unspecified atom stereocenters. The Hall–Kier alpha value is -2.57. The average molecular weight is 445 g/mol. The summed E-state index contributed by atoms with van der Waals surface area (Å²) in [4.78, 5) is 19.0. The molecule has 0 fully saturated rings.